The third-order valence-corrected chi connectivity index (χ3v) is 6.24. The molecule has 0 spiro atoms. The Morgan fingerprint density at radius 1 is 1.16 bits per heavy atom. The summed E-state index contributed by atoms with van der Waals surface area (Å²) in [5.74, 6) is 0. The highest BCUT2D eigenvalue weighted by Gasteiger charge is 2.30. The number of nitrogens with zero attached hydrogens (tertiary/aromatic N) is 3. The van der Waals surface area contributed by atoms with Gasteiger partial charge < -0.3 is 5.73 Å². The SMILES string of the molecule is CCn1nc(C)c(S(=O)(=O)N(CCN)CCc2ccccc2)c1C.Cl. The topological polar surface area (TPSA) is 81.2 Å². The number of aromatic nitrogens is 2. The third-order valence-electron chi connectivity index (χ3n) is 4.08. The van der Waals surface area contributed by atoms with E-state index in [4.69, 9.17) is 5.73 Å². The lowest BCUT2D eigenvalue weighted by atomic mass is 10.1. The first-order valence-electron chi connectivity index (χ1n) is 8.20. The van der Waals surface area contributed by atoms with Gasteiger partial charge in [-0.1, -0.05) is 30.3 Å². The van der Waals surface area contributed by atoms with Gasteiger partial charge in [0.05, 0.1) is 11.4 Å². The summed E-state index contributed by atoms with van der Waals surface area (Å²) in [4.78, 5) is 0.311. The largest absolute Gasteiger partial charge is 0.329 e. The molecule has 8 heteroatoms. The van der Waals surface area contributed by atoms with E-state index in [-0.39, 0.29) is 19.0 Å². The van der Waals surface area contributed by atoms with Crippen molar-refractivity contribution in [2.24, 2.45) is 5.73 Å². The van der Waals surface area contributed by atoms with Crippen molar-refractivity contribution in [2.45, 2.75) is 38.6 Å². The summed E-state index contributed by atoms with van der Waals surface area (Å²) < 4.78 is 29.5. The minimum atomic E-state index is -3.61. The van der Waals surface area contributed by atoms with Crippen LogP contribution in [0.2, 0.25) is 0 Å². The van der Waals surface area contributed by atoms with Crippen LogP contribution in [0.5, 0.6) is 0 Å². The maximum Gasteiger partial charge on any atom is 0.246 e. The van der Waals surface area contributed by atoms with Crippen molar-refractivity contribution in [3.8, 4) is 0 Å². The molecule has 0 aliphatic heterocycles. The molecule has 2 rings (SSSR count). The maximum atomic E-state index is 13.1. The van der Waals surface area contributed by atoms with Gasteiger partial charge in [-0.05, 0) is 32.8 Å². The Labute approximate surface area is 156 Å². The Hall–Kier alpha value is -1.41. The van der Waals surface area contributed by atoms with Gasteiger partial charge in [0.2, 0.25) is 10.0 Å². The molecule has 1 aromatic carbocycles. The fourth-order valence-corrected chi connectivity index (χ4v) is 4.71. The lowest BCUT2D eigenvalue weighted by molar-refractivity contribution is 0.421. The molecule has 140 valence electrons. The first-order valence-corrected chi connectivity index (χ1v) is 9.64. The number of benzene rings is 1. The molecule has 0 amide bonds. The number of halogens is 1. The average Bonchev–Trinajstić information content (AvgIpc) is 2.86. The second kappa shape index (κ2) is 9.33. The molecule has 1 aromatic heterocycles. The molecule has 0 saturated carbocycles. The van der Waals surface area contributed by atoms with E-state index in [9.17, 15) is 8.42 Å². The lowest BCUT2D eigenvalue weighted by Crippen LogP contribution is -2.37. The van der Waals surface area contributed by atoms with Crippen molar-refractivity contribution in [1.82, 2.24) is 14.1 Å². The Kier molecular flexibility index (Phi) is 8.08. The first-order chi connectivity index (χ1) is 11.4. The minimum Gasteiger partial charge on any atom is -0.329 e. The van der Waals surface area contributed by atoms with Crippen molar-refractivity contribution in [2.75, 3.05) is 19.6 Å². The molecule has 0 aliphatic rings. The fraction of sp³-hybridized carbons (Fsp3) is 0.471. The van der Waals surface area contributed by atoms with Gasteiger partial charge in [0, 0.05) is 26.2 Å². The van der Waals surface area contributed by atoms with E-state index in [0.29, 0.717) is 42.3 Å². The monoisotopic (exact) mass is 386 g/mol. The Balaban J connectivity index is 0.00000312. The van der Waals surface area contributed by atoms with Crippen LogP contribution in [0, 0.1) is 13.8 Å². The second-order valence-electron chi connectivity index (χ2n) is 5.74. The number of sulfonamides is 1. The summed E-state index contributed by atoms with van der Waals surface area (Å²) >= 11 is 0. The summed E-state index contributed by atoms with van der Waals surface area (Å²) in [5.41, 5.74) is 7.97. The predicted octanol–water partition coefficient (Wildman–Crippen LogP) is 2.13. The molecule has 0 bridgehead atoms. The smallest absolute Gasteiger partial charge is 0.246 e. The molecule has 1 heterocycles. The minimum absolute atomic E-state index is 0. The van der Waals surface area contributed by atoms with E-state index in [0.717, 1.165) is 5.56 Å². The van der Waals surface area contributed by atoms with Gasteiger partial charge in [-0.25, -0.2) is 8.42 Å². The molecule has 0 atom stereocenters. The van der Waals surface area contributed by atoms with E-state index in [2.05, 4.69) is 5.10 Å². The quantitative estimate of drug-likeness (QED) is 0.753. The van der Waals surface area contributed by atoms with E-state index in [1.807, 2.05) is 37.3 Å². The third kappa shape index (κ3) is 4.82. The molecule has 0 aliphatic carbocycles. The van der Waals surface area contributed by atoms with Gasteiger partial charge in [0.25, 0.3) is 0 Å². The zero-order chi connectivity index (χ0) is 17.7. The molecule has 2 aromatic rings. The van der Waals surface area contributed by atoms with E-state index in [1.54, 1.807) is 18.5 Å². The van der Waals surface area contributed by atoms with Crippen LogP contribution in [0.3, 0.4) is 0 Å². The predicted molar refractivity (Wildman–Crippen MR) is 103 cm³/mol. The van der Waals surface area contributed by atoms with Gasteiger partial charge in [-0.3, -0.25) is 4.68 Å². The second-order valence-corrected chi connectivity index (χ2v) is 7.62. The highest BCUT2D eigenvalue weighted by Crippen LogP contribution is 2.23. The molecule has 0 fully saturated rings. The lowest BCUT2D eigenvalue weighted by Gasteiger charge is -2.22. The van der Waals surface area contributed by atoms with Crippen molar-refractivity contribution in [1.29, 1.82) is 0 Å². The molecule has 0 radical (unpaired) electrons. The summed E-state index contributed by atoms with van der Waals surface area (Å²) in [6.07, 6.45) is 0.653. The highest BCUT2D eigenvalue weighted by molar-refractivity contribution is 7.89. The molecule has 0 unspecified atom stereocenters. The number of hydrogen-bond acceptors (Lipinski definition) is 4. The summed E-state index contributed by atoms with van der Waals surface area (Å²) in [5, 5.41) is 4.34. The maximum absolute atomic E-state index is 13.1. The zero-order valence-electron chi connectivity index (χ0n) is 15.0. The summed E-state index contributed by atoms with van der Waals surface area (Å²) in [7, 11) is -3.61. The van der Waals surface area contributed by atoms with E-state index < -0.39 is 10.0 Å². The van der Waals surface area contributed by atoms with Gasteiger partial charge in [0.15, 0.2) is 0 Å². The van der Waals surface area contributed by atoms with Crippen LogP contribution < -0.4 is 5.73 Å². The van der Waals surface area contributed by atoms with E-state index >= 15 is 0 Å². The Bertz CT molecular complexity index is 775. The summed E-state index contributed by atoms with van der Waals surface area (Å²) in [6, 6.07) is 9.86. The normalized spacial score (nSPS) is 11.6. The van der Waals surface area contributed by atoms with Crippen LogP contribution in [-0.4, -0.2) is 42.1 Å². The van der Waals surface area contributed by atoms with Gasteiger partial charge in [-0.2, -0.15) is 9.40 Å². The summed E-state index contributed by atoms with van der Waals surface area (Å²) in [6.45, 7) is 7.11. The standard InChI is InChI=1S/C17H26N4O2S.ClH/c1-4-21-15(3)17(14(2)19-21)24(22,23)20(13-11-18)12-10-16-8-6-5-7-9-16;/h5-9H,4,10-13,18H2,1-3H3;1H. The fourth-order valence-electron chi connectivity index (χ4n) is 2.89. The van der Waals surface area contributed by atoms with Crippen LogP contribution in [0.1, 0.15) is 23.9 Å². The number of nitrogens with two attached hydrogens (primary N) is 1. The van der Waals surface area contributed by atoms with Gasteiger partial charge in [0.1, 0.15) is 4.90 Å². The first kappa shape index (κ1) is 21.6. The van der Waals surface area contributed by atoms with Crippen molar-refractivity contribution in [3.05, 3.63) is 47.3 Å². The average molecular weight is 387 g/mol. The Morgan fingerprint density at radius 3 is 2.32 bits per heavy atom. The van der Waals surface area contributed by atoms with Crippen LogP contribution in [-0.2, 0) is 23.0 Å². The highest BCUT2D eigenvalue weighted by atomic mass is 35.5. The van der Waals surface area contributed by atoms with Gasteiger partial charge in [-0.15, -0.1) is 12.4 Å². The van der Waals surface area contributed by atoms with E-state index in [1.165, 1.54) is 4.31 Å². The molecular weight excluding hydrogens is 360 g/mol. The van der Waals surface area contributed by atoms with Crippen LogP contribution in [0.15, 0.2) is 35.2 Å². The van der Waals surface area contributed by atoms with Crippen LogP contribution in [0.4, 0.5) is 0 Å². The van der Waals surface area contributed by atoms with Crippen molar-refractivity contribution >= 4 is 22.4 Å². The van der Waals surface area contributed by atoms with Crippen LogP contribution >= 0.6 is 12.4 Å². The van der Waals surface area contributed by atoms with Crippen molar-refractivity contribution in [3.63, 3.8) is 0 Å². The molecule has 6 nitrogen and oxygen atoms in total. The molecule has 2 N–H and O–H groups in total. The Morgan fingerprint density at radius 2 is 1.80 bits per heavy atom. The van der Waals surface area contributed by atoms with Crippen LogP contribution in [0.25, 0.3) is 0 Å². The number of aryl methyl sites for hydroxylation is 2. The number of rotatable bonds is 8. The molecule has 25 heavy (non-hydrogen) atoms. The van der Waals surface area contributed by atoms with Crippen molar-refractivity contribution < 1.29 is 8.42 Å². The number of hydrogen-bond donors (Lipinski definition) is 1. The molecular formula is C17H27ClN4O2S. The molecule has 0 saturated heterocycles. The van der Waals surface area contributed by atoms with Gasteiger partial charge >= 0.3 is 0 Å². The zero-order valence-corrected chi connectivity index (χ0v) is 16.6.